The number of thioether (sulfide) groups is 2. The molecule has 0 spiro atoms. The van der Waals surface area contributed by atoms with Gasteiger partial charge in [0.25, 0.3) is 0 Å². The summed E-state index contributed by atoms with van der Waals surface area (Å²) in [5, 5.41) is 0. The Morgan fingerprint density at radius 2 is 2.00 bits per heavy atom. The summed E-state index contributed by atoms with van der Waals surface area (Å²) in [6, 6.07) is 8.20. The van der Waals surface area contributed by atoms with Crippen molar-refractivity contribution in [1.82, 2.24) is 0 Å². The number of thiocarbonyl (C=S) groups is 1. The lowest BCUT2D eigenvalue weighted by Crippen LogP contribution is -1.78. The molecular weight excluding hydrogens is 216 g/mol. The predicted octanol–water partition coefficient (Wildman–Crippen LogP) is 4.07. The Hall–Kier alpha value is -0.250. The van der Waals surface area contributed by atoms with Crippen molar-refractivity contribution in [2.24, 2.45) is 0 Å². The average Bonchev–Trinajstić information content (AvgIpc) is 2.19. The lowest BCUT2D eigenvalue weighted by Gasteiger charge is -2.00. The molecule has 0 unspecified atom stereocenters. The second-order valence-electron chi connectivity index (χ2n) is 2.33. The van der Waals surface area contributed by atoms with E-state index in [9.17, 15) is 0 Å². The van der Waals surface area contributed by atoms with E-state index in [0.29, 0.717) is 0 Å². The molecule has 0 aliphatic heterocycles. The fraction of sp³-hybridized carbons (Fsp3) is 0.100. The predicted molar refractivity (Wildman–Crippen MR) is 68.5 cm³/mol. The van der Waals surface area contributed by atoms with Crippen LogP contribution in [0.3, 0.4) is 0 Å². The van der Waals surface area contributed by atoms with Gasteiger partial charge < -0.3 is 0 Å². The van der Waals surface area contributed by atoms with Gasteiger partial charge in [-0.2, -0.15) is 0 Å². The van der Waals surface area contributed by atoms with Crippen LogP contribution in [0.4, 0.5) is 0 Å². The quantitative estimate of drug-likeness (QED) is 0.551. The SMILES string of the molecule is C=Cc1ccc(SC(=S)SC)cc1. The largest absolute Gasteiger partial charge is 0.111 e. The van der Waals surface area contributed by atoms with E-state index in [0.717, 1.165) is 9.09 Å². The third-order valence-electron chi connectivity index (χ3n) is 1.48. The van der Waals surface area contributed by atoms with Crippen LogP contribution in [0.5, 0.6) is 0 Å². The molecule has 0 saturated heterocycles. The van der Waals surface area contributed by atoms with E-state index in [-0.39, 0.29) is 0 Å². The minimum absolute atomic E-state index is 0.950. The highest BCUT2D eigenvalue weighted by atomic mass is 32.2. The van der Waals surface area contributed by atoms with Crippen molar-refractivity contribution in [3.63, 3.8) is 0 Å². The number of rotatable bonds is 2. The molecule has 1 aromatic carbocycles. The van der Waals surface area contributed by atoms with Crippen molar-refractivity contribution in [2.45, 2.75) is 4.90 Å². The van der Waals surface area contributed by atoms with Crippen molar-refractivity contribution >= 4 is 45.3 Å². The Labute approximate surface area is 92.8 Å². The van der Waals surface area contributed by atoms with Crippen LogP contribution in [0.2, 0.25) is 0 Å². The van der Waals surface area contributed by atoms with Gasteiger partial charge in [-0.25, -0.2) is 0 Å². The number of hydrogen-bond donors (Lipinski definition) is 0. The molecule has 0 nitrogen and oxygen atoms in total. The third-order valence-corrected chi connectivity index (χ3v) is 3.99. The van der Waals surface area contributed by atoms with Crippen molar-refractivity contribution < 1.29 is 0 Å². The molecule has 1 rings (SSSR count). The standard InChI is InChI=1S/C10H10S3/c1-3-8-4-6-9(7-5-8)13-10(11)12-2/h3-7H,1H2,2H3. The minimum atomic E-state index is 0.950. The van der Waals surface area contributed by atoms with E-state index >= 15 is 0 Å². The Morgan fingerprint density at radius 3 is 2.46 bits per heavy atom. The summed E-state index contributed by atoms with van der Waals surface area (Å²) >= 11 is 8.33. The monoisotopic (exact) mass is 226 g/mol. The average molecular weight is 226 g/mol. The highest BCUT2D eigenvalue weighted by molar-refractivity contribution is 8.47. The maximum absolute atomic E-state index is 5.10. The summed E-state index contributed by atoms with van der Waals surface area (Å²) in [5.74, 6) is 0. The highest BCUT2D eigenvalue weighted by Gasteiger charge is 1.97. The molecule has 0 N–H and O–H groups in total. The lowest BCUT2D eigenvalue weighted by molar-refractivity contribution is 1.46. The second-order valence-corrected chi connectivity index (χ2v) is 5.41. The Balaban J connectivity index is 2.69. The molecule has 0 saturated carbocycles. The van der Waals surface area contributed by atoms with E-state index in [1.165, 1.54) is 4.90 Å². The lowest BCUT2D eigenvalue weighted by atomic mass is 10.2. The first-order valence-corrected chi connectivity index (χ1v) is 6.19. The molecule has 0 bridgehead atoms. The van der Waals surface area contributed by atoms with Gasteiger partial charge in [0.15, 0.2) is 0 Å². The zero-order valence-corrected chi connectivity index (χ0v) is 9.77. The second kappa shape index (κ2) is 5.47. The van der Waals surface area contributed by atoms with Crippen molar-refractivity contribution in [1.29, 1.82) is 0 Å². The summed E-state index contributed by atoms with van der Waals surface area (Å²) in [7, 11) is 0. The first kappa shape index (κ1) is 10.8. The number of hydrogen-bond acceptors (Lipinski definition) is 3. The van der Waals surface area contributed by atoms with Gasteiger partial charge in [0.05, 0.1) is 0 Å². The van der Waals surface area contributed by atoms with Gasteiger partial charge in [0.1, 0.15) is 3.53 Å². The van der Waals surface area contributed by atoms with Crippen molar-refractivity contribution in [3.05, 3.63) is 36.4 Å². The van der Waals surface area contributed by atoms with Gasteiger partial charge >= 0.3 is 0 Å². The maximum atomic E-state index is 5.10. The molecule has 0 heterocycles. The zero-order valence-electron chi connectivity index (χ0n) is 7.32. The molecule has 1 aromatic rings. The highest BCUT2D eigenvalue weighted by Crippen LogP contribution is 2.24. The molecule has 0 amide bonds. The van der Waals surface area contributed by atoms with Crippen LogP contribution in [-0.2, 0) is 0 Å². The first-order valence-electron chi connectivity index (χ1n) is 3.74. The summed E-state index contributed by atoms with van der Waals surface area (Å²) < 4.78 is 0.950. The van der Waals surface area contributed by atoms with Crippen LogP contribution < -0.4 is 0 Å². The number of benzene rings is 1. The van der Waals surface area contributed by atoms with Gasteiger partial charge in [0, 0.05) is 4.90 Å². The van der Waals surface area contributed by atoms with Crippen LogP contribution in [-0.4, -0.2) is 9.78 Å². The maximum Gasteiger partial charge on any atom is 0.108 e. The normalized spacial score (nSPS) is 9.62. The van der Waals surface area contributed by atoms with Crippen LogP contribution in [0.1, 0.15) is 5.56 Å². The summed E-state index contributed by atoms with van der Waals surface area (Å²) in [6.45, 7) is 3.70. The van der Waals surface area contributed by atoms with Gasteiger partial charge in [-0.05, 0) is 24.0 Å². The molecule has 3 heteroatoms. The van der Waals surface area contributed by atoms with E-state index in [2.05, 4.69) is 18.7 Å². The fourth-order valence-corrected chi connectivity index (χ4v) is 2.19. The molecule has 0 fully saturated rings. The molecule has 0 aromatic heterocycles. The Kier molecular flexibility index (Phi) is 4.56. The molecule has 13 heavy (non-hydrogen) atoms. The fourth-order valence-electron chi connectivity index (χ4n) is 0.810. The van der Waals surface area contributed by atoms with Gasteiger partial charge in [-0.1, -0.05) is 48.8 Å². The molecule has 68 valence electrons. The molecule has 0 radical (unpaired) electrons. The summed E-state index contributed by atoms with van der Waals surface area (Å²) in [6.07, 6.45) is 3.83. The molecule has 0 aliphatic carbocycles. The summed E-state index contributed by atoms with van der Waals surface area (Å²) in [4.78, 5) is 1.19. The smallest absolute Gasteiger partial charge is 0.108 e. The molecule has 0 aliphatic rings. The van der Waals surface area contributed by atoms with Gasteiger partial charge in [-0.3, -0.25) is 0 Å². The zero-order chi connectivity index (χ0) is 9.68. The minimum Gasteiger partial charge on any atom is -0.111 e. The Morgan fingerprint density at radius 1 is 1.38 bits per heavy atom. The van der Waals surface area contributed by atoms with E-state index in [1.807, 2.05) is 24.5 Å². The van der Waals surface area contributed by atoms with Crippen LogP contribution in [0.25, 0.3) is 6.08 Å². The third kappa shape index (κ3) is 3.55. The topological polar surface area (TPSA) is 0 Å². The van der Waals surface area contributed by atoms with Crippen molar-refractivity contribution in [3.8, 4) is 0 Å². The van der Waals surface area contributed by atoms with Crippen LogP contribution in [0.15, 0.2) is 35.7 Å². The molecule has 0 atom stereocenters. The molecular formula is C10H10S3. The first-order chi connectivity index (χ1) is 6.26. The van der Waals surface area contributed by atoms with Crippen LogP contribution >= 0.6 is 35.7 Å². The Bertz CT molecular complexity index is 300. The van der Waals surface area contributed by atoms with E-state index < -0.39 is 0 Å². The van der Waals surface area contributed by atoms with Crippen LogP contribution in [0, 0.1) is 0 Å². The van der Waals surface area contributed by atoms with E-state index in [1.54, 1.807) is 23.5 Å². The van der Waals surface area contributed by atoms with Crippen molar-refractivity contribution in [2.75, 3.05) is 6.26 Å². The van der Waals surface area contributed by atoms with Gasteiger partial charge in [0.2, 0.25) is 0 Å². The van der Waals surface area contributed by atoms with Gasteiger partial charge in [-0.15, -0.1) is 11.8 Å². The summed E-state index contributed by atoms with van der Waals surface area (Å²) in [5.41, 5.74) is 1.14. The van der Waals surface area contributed by atoms with E-state index in [4.69, 9.17) is 12.2 Å².